The number of benzene rings is 1. The van der Waals surface area contributed by atoms with Crippen molar-refractivity contribution in [3.63, 3.8) is 0 Å². The van der Waals surface area contributed by atoms with E-state index in [2.05, 4.69) is 4.98 Å². The van der Waals surface area contributed by atoms with Crippen LogP contribution in [0.5, 0.6) is 0 Å². The molecule has 0 aliphatic heterocycles. The van der Waals surface area contributed by atoms with Gasteiger partial charge >= 0.3 is 5.97 Å². The number of pyridine rings is 1. The van der Waals surface area contributed by atoms with Crippen molar-refractivity contribution >= 4 is 5.97 Å². The van der Waals surface area contributed by atoms with Crippen LogP contribution in [-0.2, 0) is 0 Å². The van der Waals surface area contributed by atoms with E-state index < -0.39 is 17.6 Å². The molecule has 0 aliphatic carbocycles. The van der Waals surface area contributed by atoms with Crippen LogP contribution >= 0.6 is 0 Å². The lowest BCUT2D eigenvalue weighted by Crippen LogP contribution is -2.01. The number of hydrogen-bond donors (Lipinski definition) is 1. The Morgan fingerprint density at radius 1 is 1.18 bits per heavy atom. The minimum atomic E-state index is -1.22. The maximum atomic E-state index is 13.5. The van der Waals surface area contributed by atoms with E-state index in [-0.39, 0.29) is 16.7 Å². The standard InChI is InChI=1S/C12H7F2NO2/c13-10-3-1-2-7(11(10)14)9-6-15-5-4-8(9)12(16)17/h1-6H,(H,16,17). The summed E-state index contributed by atoms with van der Waals surface area (Å²) >= 11 is 0. The molecule has 0 amide bonds. The molecule has 1 aromatic heterocycles. The molecule has 5 heteroatoms. The largest absolute Gasteiger partial charge is 0.478 e. The molecule has 2 rings (SSSR count). The predicted octanol–water partition coefficient (Wildman–Crippen LogP) is 2.73. The summed E-state index contributed by atoms with van der Waals surface area (Å²) in [6.45, 7) is 0. The first kappa shape index (κ1) is 11.2. The molecule has 0 saturated heterocycles. The maximum absolute atomic E-state index is 13.5. The van der Waals surface area contributed by atoms with Crippen LogP contribution in [-0.4, -0.2) is 16.1 Å². The Bertz CT molecular complexity index is 584. The Hall–Kier alpha value is -2.30. The van der Waals surface area contributed by atoms with Crippen molar-refractivity contribution in [3.8, 4) is 11.1 Å². The number of carboxylic acids is 1. The fourth-order valence-corrected chi connectivity index (χ4v) is 1.51. The van der Waals surface area contributed by atoms with Crippen molar-refractivity contribution in [3.05, 3.63) is 53.9 Å². The molecule has 86 valence electrons. The molecule has 17 heavy (non-hydrogen) atoms. The topological polar surface area (TPSA) is 50.2 Å². The van der Waals surface area contributed by atoms with Gasteiger partial charge in [0.2, 0.25) is 0 Å². The minimum Gasteiger partial charge on any atom is -0.478 e. The summed E-state index contributed by atoms with van der Waals surface area (Å²) in [5, 5.41) is 8.94. The molecule has 1 heterocycles. The molecular weight excluding hydrogens is 228 g/mol. The van der Waals surface area contributed by atoms with Crippen LogP contribution in [0, 0.1) is 11.6 Å². The van der Waals surface area contributed by atoms with Crippen LogP contribution in [0.15, 0.2) is 36.7 Å². The van der Waals surface area contributed by atoms with Gasteiger partial charge < -0.3 is 5.11 Å². The summed E-state index contributed by atoms with van der Waals surface area (Å²) < 4.78 is 26.6. The van der Waals surface area contributed by atoms with Crippen LogP contribution in [0.3, 0.4) is 0 Å². The second-order valence-corrected chi connectivity index (χ2v) is 3.33. The molecular formula is C12H7F2NO2. The van der Waals surface area contributed by atoms with E-state index in [0.717, 1.165) is 6.07 Å². The summed E-state index contributed by atoms with van der Waals surface area (Å²) in [4.78, 5) is 14.7. The average Bonchev–Trinajstić information content (AvgIpc) is 2.33. The summed E-state index contributed by atoms with van der Waals surface area (Å²) in [7, 11) is 0. The fraction of sp³-hybridized carbons (Fsp3) is 0. The first-order chi connectivity index (χ1) is 8.11. The van der Waals surface area contributed by atoms with E-state index in [9.17, 15) is 13.6 Å². The van der Waals surface area contributed by atoms with Crippen LogP contribution in [0.25, 0.3) is 11.1 Å². The third kappa shape index (κ3) is 1.99. The summed E-state index contributed by atoms with van der Waals surface area (Å²) in [5.41, 5.74) is -0.183. The Kier molecular flexibility index (Phi) is 2.82. The van der Waals surface area contributed by atoms with E-state index in [0.29, 0.717) is 0 Å². The summed E-state index contributed by atoms with van der Waals surface area (Å²) in [6, 6.07) is 4.83. The van der Waals surface area contributed by atoms with Gasteiger partial charge in [0.05, 0.1) is 5.56 Å². The van der Waals surface area contributed by atoms with E-state index in [4.69, 9.17) is 5.11 Å². The quantitative estimate of drug-likeness (QED) is 0.870. The lowest BCUT2D eigenvalue weighted by Gasteiger charge is -2.06. The monoisotopic (exact) mass is 235 g/mol. The SMILES string of the molecule is O=C(O)c1ccncc1-c1cccc(F)c1F. The van der Waals surface area contributed by atoms with E-state index in [1.165, 1.54) is 30.6 Å². The smallest absolute Gasteiger partial charge is 0.336 e. The molecule has 0 unspecified atom stereocenters. The lowest BCUT2D eigenvalue weighted by molar-refractivity contribution is 0.0697. The number of carboxylic acid groups (broad SMARTS) is 1. The number of hydrogen-bond acceptors (Lipinski definition) is 2. The van der Waals surface area contributed by atoms with Crippen molar-refractivity contribution in [2.75, 3.05) is 0 Å². The van der Waals surface area contributed by atoms with E-state index >= 15 is 0 Å². The molecule has 1 aromatic carbocycles. The Morgan fingerprint density at radius 2 is 1.94 bits per heavy atom. The number of carbonyl (C=O) groups is 1. The van der Waals surface area contributed by atoms with Crippen LogP contribution < -0.4 is 0 Å². The van der Waals surface area contributed by atoms with Crippen LogP contribution in [0.2, 0.25) is 0 Å². The molecule has 0 spiro atoms. The Morgan fingerprint density at radius 3 is 2.65 bits per heavy atom. The van der Waals surface area contributed by atoms with Gasteiger partial charge in [0.25, 0.3) is 0 Å². The first-order valence-electron chi connectivity index (χ1n) is 4.73. The normalized spacial score (nSPS) is 10.2. The zero-order valence-electron chi connectivity index (χ0n) is 8.52. The molecule has 2 aromatic rings. The van der Waals surface area contributed by atoms with Crippen LogP contribution in [0.4, 0.5) is 8.78 Å². The molecule has 0 fully saturated rings. The minimum absolute atomic E-state index is 0.0528. The second kappa shape index (κ2) is 4.29. The zero-order chi connectivity index (χ0) is 12.4. The third-order valence-electron chi connectivity index (χ3n) is 2.29. The van der Waals surface area contributed by atoms with Crippen molar-refractivity contribution in [1.29, 1.82) is 0 Å². The van der Waals surface area contributed by atoms with Gasteiger partial charge in [-0.15, -0.1) is 0 Å². The van der Waals surface area contributed by atoms with Gasteiger partial charge in [0.15, 0.2) is 11.6 Å². The highest BCUT2D eigenvalue weighted by Crippen LogP contribution is 2.26. The molecule has 0 bridgehead atoms. The zero-order valence-corrected chi connectivity index (χ0v) is 8.52. The van der Waals surface area contributed by atoms with Crippen LogP contribution in [0.1, 0.15) is 10.4 Å². The van der Waals surface area contributed by atoms with Gasteiger partial charge in [-0.05, 0) is 12.1 Å². The van der Waals surface area contributed by atoms with Crippen molar-refractivity contribution in [1.82, 2.24) is 4.98 Å². The predicted molar refractivity (Wildman–Crippen MR) is 56.5 cm³/mol. The highest BCUT2D eigenvalue weighted by atomic mass is 19.2. The van der Waals surface area contributed by atoms with Gasteiger partial charge in [-0.2, -0.15) is 0 Å². The van der Waals surface area contributed by atoms with Gasteiger partial charge in [0, 0.05) is 23.5 Å². The molecule has 0 atom stereocenters. The number of nitrogens with zero attached hydrogens (tertiary/aromatic N) is 1. The second-order valence-electron chi connectivity index (χ2n) is 3.33. The molecule has 1 N–H and O–H groups in total. The lowest BCUT2D eigenvalue weighted by atomic mass is 10.0. The van der Waals surface area contributed by atoms with Crippen molar-refractivity contribution in [2.24, 2.45) is 0 Å². The average molecular weight is 235 g/mol. The Labute approximate surface area is 95.4 Å². The van der Waals surface area contributed by atoms with Gasteiger partial charge in [-0.25, -0.2) is 13.6 Å². The van der Waals surface area contributed by atoms with E-state index in [1.54, 1.807) is 0 Å². The molecule has 0 aliphatic rings. The fourth-order valence-electron chi connectivity index (χ4n) is 1.51. The molecule has 3 nitrogen and oxygen atoms in total. The van der Waals surface area contributed by atoms with Crippen molar-refractivity contribution < 1.29 is 18.7 Å². The highest BCUT2D eigenvalue weighted by Gasteiger charge is 2.16. The summed E-state index contributed by atoms with van der Waals surface area (Å²) in [5.74, 6) is -3.32. The number of rotatable bonds is 2. The first-order valence-corrected chi connectivity index (χ1v) is 4.73. The molecule has 0 radical (unpaired) electrons. The maximum Gasteiger partial charge on any atom is 0.336 e. The number of aromatic nitrogens is 1. The number of halogens is 2. The van der Waals surface area contributed by atoms with Crippen molar-refractivity contribution in [2.45, 2.75) is 0 Å². The Balaban J connectivity index is 2.69. The van der Waals surface area contributed by atoms with E-state index in [1.807, 2.05) is 0 Å². The van der Waals surface area contributed by atoms with Gasteiger partial charge in [-0.1, -0.05) is 12.1 Å². The molecule has 0 saturated carbocycles. The van der Waals surface area contributed by atoms with Gasteiger partial charge in [0.1, 0.15) is 0 Å². The van der Waals surface area contributed by atoms with Gasteiger partial charge in [-0.3, -0.25) is 4.98 Å². The third-order valence-corrected chi connectivity index (χ3v) is 2.29. The highest BCUT2D eigenvalue weighted by molar-refractivity contribution is 5.95. The summed E-state index contributed by atoms with van der Waals surface area (Å²) in [6.07, 6.45) is 2.48. The number of aromatic carboxylic acids is 1.